The molecule has 0 amide bonds. The van der Waals surface area contributed by atoms with Gasteiger partial charge in [-0.1, -0.05) is 30.3 Å². The maximum atomic E-state index is 5.96. The normalized spacial score (nSPS) is 15.2. The number of nitrogens with zero attached hydrogens (tertiary/aromatic N) is 3. The van der Waals surface area contributed by atoms with Gasteiger partial charge in [-0.05, 0) is 36.2 Å². The van der Waals surface area contributed by atoms with Gasteiger partial charge in [-0.15, -0.1) is 24.0 Å². The van der Waals surface area contributed by atoms with Crippen LogP contribution in [0.2, 0.25) is 0 Å². The number of hydrogen-bond acceptors (Lipinski definition) is 4. The molecule has 30 heavy (non-hydrogen) atoms. The van der Waals surface area contributed by atoms with Crippen molar-refractivity contribution in [1.82, 2.24) is 20.4 Å². The first-order valence-electron chi connectivity index (χ1n) is 9.74. The van der Waals surface area contributed by atoms with Gasteiger partial charge in [0.05, 0.1) is 18.4 Å². The molecule has 2 aromatic carbocycles. The van der Waals surface area contributed by atoms with Crippen LogP contribution in [-0.4, -0.2) is 48.6 Å². The molecule has 0 saturated carbocycles. The Morgan fingerprint density at radius 1 is 1.10 bits per heavy atom. The quantitative estimate of drug-likeness (QED) is 0.298. The van der Waals surface area contributed by atoms with E-state index in [2.05, 4.69) is 26.9 Å². The maximum Gasteiger partial charge on any atom is 0.191 e. The summed E-state index contributed by atoms with van der Waals surface area (Å²) < 4.78 is 13.6. The van der Waals surface area contributed by atoms with Gasteiger partial charge in [0.15, 0.2) is 17.5 Å². The first kappa shape index (κ1) is 21.9. The molecule has 0 fully saturated rings. The molecule has 0 bridgehead atoms. The molecule has 0 aliphatic carbocycles. The average Bonchev–Trinajstić information content (AvgIpc) is 3.25. The highest BCUT2D eigenvalue weighted by Crippen LogP contribution is 2.30. The summed E-state index contributed by atoms with van der Waals surface area (Å²) in [5.41, 5.74) is 2.22. The number of nitrogens with one attached hydrogen (secondary N) is 2. The Balaban J connectivity index is 0.00000256. The number of aromatic nitrogens is 2. The molecule has 7 nitrogen and oxygen atoms in total. The molecule has 1 atom stereocenters. The summed E-state index contributed by atoms with van der Waals surface area (Å²) in [6.07, 6.45) is 4.74. The van der Waals surface area contributed by atoms with E-state index < -0.39 is 0 Å². The van der Waals surface area contributed by atoms with Crippen molar-refractivity contribution in [2.75, 3.05) is 26.7 Å². The van der Waals surface area contributed by atoms with E-state index in [1.807, 2.05) is 65.5 Å². The van der Waals surface area contributed by atoms with Crippen LogP contribution in [0.1, 0.15) is 5.56 Å². The molecule has 0 saturated heterocycles. The summed E-state index contributed by atoms with van der Waals surface area (Å²) in [4.78, 5) is 4.28. The zero-order valence-corrected chi connectivity index (χ0v) is 19.2. The second-order valence-corrected chi connectivity index (χ2v) is 6.76. The van der Waals surface area contributed by atoms with Gasteiger partial charge in [0.1, 0.15) is 12.7 Å². The van der Waals surface area contributed by atoms with Crippen LogP contribution in [0.5, 0.6) is 11.5 Å². The van der Waals surface area contributed by atoms with Crippen molar-refractivity contribution in [1.29, 1.82) is 0 Å². The number of fused-ring (bicyclic) bond motifs is 1. The maximum absolute atomic E-state index is 5.96. The number of ether oxygens (including phenoxy) is 2. The molecule has 0 radical (unpaired) electrons. The fourth-order valence-corrected chi connectivity index (χ4v) is 3.13. The van der Waals surface area contributed by atoms with Crippen LogP contribution in [0.3, 0.4) is 0 Å². The molecule has 0 spiro atoms. The summed E-state index contributed by atoms with van der Waals surface area (Å²) in [6.45, 7) is 1.88. The minimum absolute atomic E-state index is 0. The van der Waals surface area contributed by atoms with E-state index >= 15 is 0 Å². The molecule has 8 heteroatoms. The number of guanidine groups is 1. The summed E-state index contributed by atoms with van der Waals surface area (Å²) in [5, 5.41) is 11.1. The summed E-state index contributed by atoms with van der Waals surface area (Å²) in [5.74, 6) is 2.31. The number of halogens is 1. The zero-order chi connectivity index (χ0) is 19.9. The lowest BCUT2D eigenvalue weighted by molar-refractivity contribution is 0.0936. The van der Waals surface area contributed by atoms with Crippen LogP contribution < -0.4 is 20.1 Å². The lowest BCUT2D eigenvalue weighted by atomic mass is 10.2. The molecule has 2 N–H and O–H groups in total. The Morgan fingerprint density at radius 2 is 1.87 bits per heavy atom. The number of hydrogen-bond donors (Lipinski definition) is 2. The standard InChI is InChI=1S/C22H25N5O2.HI/c1-23-22(25-14-19-16-28-20-9-5-6-10-21(20)29-19)24-12-11-17-13-26-27(15-17)18-7-3-2-4-8-18;/h2-10,13,15,19H,11-12,14,16H2,1H3,(H2,23,24,25);1H. The van der Waals surface area contributed by atoms with Crippen LogP contribution in [-0.2, 0) is 6.42 Å². The van der Waals surface area contributed by atoms with Crippen molar-refractivity contribution in [2.24, 2.45) is 4.99 Å². The van der Waals surface area contributed by atoms with Crippen LogP contribution >= 0.6 is 24.0 Å². The third kappa shape index (κ3) is 5.65. The second kappa shape index (κ2) is 10.9. The zero-order valence-electron chi connectivity index (χ0n) is 16.8. The predicted octanol–water partition coefficient (Wildman–Crippen LogP) is 3.04. The number of para-hydroxylation sites is 3. The average molecular weight is 519 g/mol. The molecular weight excluding hydrogens is 493 g/mol. The summed E-state index contributed by atoms with van der Waals surface area (Å²) in [7, 11) is 1.76. The first-order valence-corrected chi connectivity index (χ1v) is 9.74. The molecule has 3 aromatic rings. The number of benzene rings is 2. The van der Waals surface area contributed by atoms with E-state index in [9.17, 15) is 0 Å². The van der Waals surface area contributed by atoms with Crippen LogP contribution in [0.15, 0.2) is 72.0 Å². The van der Waals surface area contributed by atoms with Crippen molar-refractivity contribution in [3.8, 4) is 17.2 Å². The third-order valence-corrected chi connectivity index (χ3v) is 4.65. The Bertz CT molecular complexity index is 961. The van der Waals surface area contributed by atoms with Crippen LogP contribution in [0.25, 0.3) is 5.69 Å². The van der Waals surface area contributed by atoms with E-state index in [1.165, 1.54) is 0 Å². The molecule has 2 heterocycles. The van der Waals surface area contributed by atoms with Gasteiger partial charge in [-0.2, -0.15) is 5.10 Å². The summed E-state index contributed by atoms with van der Waals surface area (Å²) >= 11 is 0. The van der Waals surface area contributed by atoms with Gasteiger partial charge < -0.3 is 20.1 Å². The molecule has 1 aliphatic heterocycles. The predicted molar refractivity (Wildman–Crippen MR) is 128 cm³/mol. The first-order chi connectivity index (χ1) is 14.3. The fraction of sp³-hybridized carbons (Fsp3) is 0.273. The van der Waals surface area contributed by atoms with E-state index in [-0.39, 0.29) is 30.1 Å². The van der Waals surface area contributed by atoms with E-state index in [0.29, 0.717) is 13.2 Å². The van der Waals surface area contributed by atoms with Crippen LogP contribution in [0.4, 0.5) is 0 Å². The molecule has 1 aliphatic rings. The number of rotatable bonds is 6. The minimum Gasteiger partial charge on any atom is -0.486 e. The Hall–Kier alpha value is -2.75. The molecular formula is C22H26IN5O2. The molecule has 1 aromatic heterocycles. The summed E-state index contributed by atoms with van der Waals surface area (Å²) in [6, 6.07) is 17.8. The highest BCUT2D eigenvalue weighted by molar-refractivity contribution is 14.0. The molecule has 4 rings (SSSR count). The smallest absolute Gasteiger partial charge is 0.191 e. The monoisotopic (exact) mass is 519 g/mol. The van der Waals surface area contributed by atoms with E-state index in [1.54, 1.807) is 7.05 Å². The Labute approximate surface area is 193 Å². The van der Waals surface area contributed by atoms with Gasteiger partial charge >= 0.3 is 0 Å². The highest BCUT2D eigenvalue weighted by Gasteiger charge is 2.20. The minimum atomic E-state index is -0.0624. The van der Waals surface area contributed by atoms with E-state index in [0.717, 1.165) is 41.7 Å². The topological polar surface area (TPSA) is 72.7 Å². The van der Waals surface area contributed by atoms with E-state index in [4.69, 9.17) is 9.47 Å². The van der Waals surface area contributed by atoms with Crippen molar-refractivity contribution in [3.63, 3.8) is 0 Å². The van der Waals surface area contributed by atoms with Crippen molar-refractivity contribution < 1.29 is 9.47 Å². The Morgan fingerprint density at radius 3 is 2.67 bits per heavy atom. The lowest BCUT2D eigenvalue weighted by Crippen LogP contribution is -2.45. The fourth-order valence-electron chi connectivity index (χ4n) is 3.13. The largest absolute Gasteiger partial charge is 0.486 e. The van der Waals surface area contributed by atoms with Gasteiger partial charge in [0.25, 0.3) is 0 Å². The van der Waals surface area contributed by atoms with Gasteiger partial charge in [0.2, 0.25) is 0 Å². The molecule has 1 unspecified atom stereocenters. The Kier molecular flexibility index (Phi) is 7.95. The SMILES string of the molecule is CN=C(NCCc1cnn(-c2ccccc2)c1)NCC1COc2ccccc2O1.I. The second-order valence-electron chi connectivity index (χ2n) is 6.76. The van der Waals surface area contributed by atoms with Gasteiger partial charge in [-0.3, -0.25) is 4.99 Å². The number of aliphatic imine (C=N–C) groups is 1. The van der Waals surface area contributed by atoms with Crippen LogP contribution in [0, 0.1) is 0 Å². The van der Waals surface area contributed by atoms with Gasteiger partial charge in [-0.25, -0.2) is 4.68 Å². The van der Waals surface area contributed by atoms with Crippen molar-refractivity contribution >= 4 is 29.9 Å². The van der Waals surface area contributed by atoms with Gasteiger partial charge in [0, 0.05) is 19.8 Å². The molecule has 158 valence electrons. The van der Waals surface area contributed by atoms with Crippen molar-refractivity contribution in [2.45, 2.75) is 12.5 Å². The highest BCUT2D eigenvalue weighted by atomic mass is 127. The third-order valence-electron chi connectivity index (χ3n) is 4.65. The van der Waals surface area contributed by atoms with Crippen molar-refractivity contribution in [3.05, 3.63) is 72.6 Å². The lowest BCUT2D eigenvalue weighted by Gasteiger charge is -2.27.